The summed E-state index contributed by atoms with van der Waals surface area (Å²) in [7, 11) is 0. The average Bonchev–Trinajstić information content (AvgIpc) is 3.20. The maximum absolute atomic E-state index is 6.38. The zero-order valence-electron chi connectivity index (χ0n) is 29.9. The van der Waals surface area contributed by atoms with Gasteiger partial charge in [-0.3, -0.25) is 14.9 Å². The predicted octanol–water partition coefficient (Wildman–Crippen LogP) is 5.41. The van der Waals surface area contributed by atoms with Gasteiger partial charge in [-0.05, 0) is 82.4 Å². The van der Waals surface area contributed by atoms with Crippen molar-refractivity contribution in [3.05, 3.63) is 91.5 Å². The summed E-state index contributed by atoms with van der Waals surface area (Å²) < 4.78 is 11.7. The van der Waals surface area contributed by atoms with E-state index in [-0.39, 0.29) is 12.1 Å². The molecular weight excluding hydrogens is 655 g/mol. The summed E-state index contributed by atoms with van der Waals surface area (Å²) in [4.78, 5) is 31.0. The normalized spacial score (nSPS) is 15.7. The molecule has 4 aromatic heterocycles. The van der Waals surface area contributed by atoms with E-state index in [9.17, 15) is 0 Å². The van der Waals surface area contributed by atoms with Crippen LogP contribution in [0.5, 0.6) is 11.5 Å². The highest BCUT2D eigenvalue weighted by Gasteiger charge is 2.36. The first-order valence-corrected chi connectivity index (χ1v) is 18.3. The van der Waals surface area contributed by atoms with Crippen molar-refractivity contribution in [3.63, 3.8) is 0 Å². The topological polar surface area (TPSA) is 144 Å². The van der Waals surface area contributed by atoms with Crippen molar-refractivity contribution in [3.8, 4) is 33.8 Å². The lowest BCUT2D eigenvalue weighted by Gasteiger charge is -2.47. The van der Waals surface area contributed by atoms with E-state index in [0.717, 1.165) is 86.2 Å². The van der Waals surface area contributed by atoms with Crippen LogP contribution in [0, 0.1) is 0 Å². The molecule has 2 aliphatic heterocycles. The molecule has 0 aliphatic carbocycles. The Bertz CT molecular complexity index is 1820. The number of hydrogen-bond acceptors (Lipinski definition) is 13. The van der Waals surface area contributed by atoms with Gasteiger partial charge in [-0.25, -0.2) is 30.0 Å². The van der Waals surface area contributed by atoms with Crippen LogP contribution in [-0.2, 0) is 6.54 Å². The lowest BCUT2D eigenvalue weighted by Crippen LogP contribution is -2.59. The van der Waals surface area contributed by atoms with Gasteiger partial charge < -0.3 is 20.5 Å². The minimum atomic E-state index is 0.112. The van der Waals surface area contributed by atoms with Crippen LogP contribution in [-0.4, -0.2) is 86.3 Å². The van der Waals surface area contributed by atoms with Crippen LogP contribution in [0.25, 0.3) is 22.3 Å². The van der Waals surface area contributed by atoms with Crippen molar-refractivity contribution in [2.75, 3.05) is 55.1 Å². The van der Waals surface area contributed by atoms with Gasteiger partial charge in [0.05, 0.1) is 25.3 Å². The fraction of sp³-hybridized carbons (Fsp3) is 0.385. The molecule has 0 radical (unpaired) electrons. The Morgan fingerprint density at radius 3 is 1.62 bits per heavy atom. The second-order valence-corrected chi connectivity index (χ2v) is 13.1. The number of likely N-dealkylation sites (tertiary alicyclic amines) is 1. The van der Waals surface area contributed by atoms with Gasteiger partial charge in [0.2, 0.25) is 11.9 Å². The number of nitrogens with two attached hydrogens (primary N) is 1. The van der Waals surface area contributed by atoms with Gasteiger partial charge in [-0.2, -0.15) is 0 Å². The highest BCUT2D eigenvalue weighted by Crippen LogP contribution is 2.35. The monoisotopic (exact) mass is 701 g/mol. The Hall–Kier alpha value is -5.40. The molecule has 0 amide bonds. The predicted molar refractivity (Wildman–Crippen MR) is 203 cm³/mol. The summed E-state index contributed by atoms with van der Waals surface area (Å²) >= 11 is 0. The molecule has 3 N–H and O–H groups in total. The number of nitrogens with one attached hydrogen (secondary N) is 1. The number of benzene rings is 1. The second kappa shape index (κ2) is 16.7. The molecular formula is C39H47N11O2. The summed E-state index contributed by atoms with van der Waals surface area (Å²) in [6.45, 7) is 9.36. The van der Waals surface area contributed by atoms with Gasteiger partial charge in [0, 0.05) is 91.5 Å². The third-order valence-electron chi connectivity index (χ3n) is 9.64. The molecule has 0 spiro atoms. The van der Waals surface area contributed by atoms with Crippen LogP contribution >= 0.6 is 0 Å². The smallest absolute Gasteiger partial charge is 0.244 e. The van der Waals surface area contributed by atoms with E-state index in [2.05, 4.69) is 30.2 Å². The number of pyridine rings is 2. The van der Waals surface area contributed by atoms with Crippen molar-refractivity contribution in [2.45, 2.75) is 58.2 Å². The summed E-state index contributed by atoms with van der Waals surface area (Å²) in [5.41, 5.74) is 11.8. The van der Waals surface area contributed by atoms with E-state index in [1.807, 2.05) is 87.4 Å². The van der Waals surface area contributed by atoms with Crippen LogP contribution in [0.3, 0.4) is 0 Å². The lowest BCUT2D eigenvalue weighted by molar-refractivity contribution is 0.196. The molecule has 1 aromatic carbocycles. The molecule has 2 aliphatic rings. The zero-order valence-corrected chi connectivity index (χ0v) is 29.9. The molecule has 13 nitrogen and oxygen atoms in total. The molecule has 270 valence electrons. The number of hydrogen-bond donors (Lipinski definition) is 2. The van der Waals surface area contributed by atoms with Crippen LogP contribution in [0.1, 0.15) is 45.1 Å². The highest BCUT2D eigenvalue weighted by molar-refractivity contribution is 5.65. The number of rotatable bonds is 13. The SMILES string of the molecule is CCOc1cc(CN2CCC(N(c3ncc(-c4cccnc4)cn3)N(c3ncc(-c4cccnc4)cn3)C3CCNCC3)CC2)cc(OCC)c1N. The fourth-order valence-electron chi connectivity index (χ4n) is 7.04. The average molecular weight is 702 g/mol. The number of hydrazine groups is 1. The van der Waals surface area contributed by atoms with Gasteiger partial charge in [-0.1, -0.05) is 12.1 Å². The zero-order chi connectivity index (χ0) is 35.7. The van der Waals surface area contributed by atoms with Crippen molar-refractivity contribution in [2.24, 2.45) is 0 Å². The van der Waals surface area contributed by atoms with Crippen molar-refractivity contribution < 1.29 is 9.47 Å². The Labute approximate surface area is 305 Å². The largest absolute Gasteiger partial charge is 0.492 e. The second-order valence-electron chi connectivity index (χ2n) is 13.1. The Morgan fingerprint density at radius 1 is 0.692 bits per heavy atom. The number of aromatic nitrogens is 6. The third kappa shape index (κ3) is 8.05. The molecule has 0 bridgehead atoms. The maximum atomic E-state index is 6.38. The molecule has 5 aromatic rings. The standard InChI is InChI=1S/C39H47N11O2/c1-3-51-35-19-28(20-36(37(35)40)52-4-2)27-48-17-11-34(12-18-48)50(39-46-25-32(26-47-39)30-8-6-14-43-22-30)49(33-9-15-41-16-10-33)38-44-23-31(24-45-38)29-7-5-13-42-21-29/h5-8,13-14,19-26,33-34,41H,3-4,9-12,15-18,27,40H2,1-2H3. The molecule has 7 rings (SSSR count). The Kier molecular flexibility index (Phi) is 11.3. The lowest BCUT2D eigenvalue weighted by atomic mass is 10.0. The molecule has 52 heavy (non-hydrogen) atoms. The number of nitrogens with zero attached hydrogens (tertiary/aromatic N) is 9. The number of ether oxygens (including phenoxy) is 2. The van der Waals surface area contributed by atoms with Crippen LogP contribution in [0.4, 0.5) is 17.6 Å². The van der Waals surface area contributed by atoms with Gasteiger partial charge in [-0.15, -0.1) is 0 Å². The molecule has 0 unspecified atom stereocenters. The van der Waals surface area contributed by atoms with Crippen molar-refractivity contribution in [1.29, 1.82) is 0 Å². The van der Waals surface area contributed by atoms with Crippen LogP contribution in [0.15, 0.2) is 86.0 Å². The van der Waals surface area contributed by atoms with Crippen molar-refractivity contribution in [1.82, 2.24) is 40.1 Å². The highest BCUT2D eigenvalue weighted by atomic mass is 16.5. The summed E-state index contributed by atoms with van der Waals surface area (Å²) in [5, 5.41) is 8.08. The first-order chi connectivity index (χ1) is 25.6. The van der Waals surface area contributed by atoms with Gasteiger partial charge in [0.1, 0.15) is 17.2 Å². The number of nitrogen functional groups attached to an aromatic ring is 1. The van der Waals surface area contributed by atoms with Crippen molar-refractivity contribution >= 4 is 17.6 Å². The fourth-order valence-corrected chi connectivity index (χ4v) is 7.04. The minimum Gasteiger partial charge on any atom is -0.492 e. The molecule has 0 atom stereocenters. The van der Waals surface area contributed by atoms with Crippen LogP contribution < -0.4 is 30.5 Å². The first kappa shape index (κ1) is 35.0. The molecule has 13 heteroatoms. The Morgan fingerprint density at radius 2 is 1.17 bits per heavy atom. The van der Waals surface area contributed by atoms with Gasteiger partial charge in [0.15, 0.2) is 0 Å². The van der Waals surface area contributed by atoms with E-state index >= 15 is 0 Å². The quantitative estimate of drug-likeness (QED) is 0.119. The van der Waals surface area contributed by atoms with Gasteiger partial charge >= 0.3 is 0 Å². The van der Waals surface area contributed by atoms with E-state index in [1.54, 1.807) is 12.4 Å². The summed E-state index contributed by atoms with van der Waals surface area (Å²) in [5.74, 6) is 2.61. The third-order valence-corrected chi connectivity index (χ3v) is 9.64. The molecule has 0 saturated carbocycles. The van der Waals surface area contributed by atoms with E-state index in [4.69, 9.17) is 35.1 Å². The Balaban J connectivity index is 1.19. The van der Waals surface area contributed by atoms with E-state index in [1.165, 1.54) is 0 Å². The van der Waals surface area contributed by atoms with Gasteiger partial charge in [0.25, 0.3) is 0 Å². The number of anilines is 3. The van der Waals surface area contributed by atoms with E-state index in [0.29, 0.717) is 42.3 Å². The minimum absolute atomic E-state index is 0.112. The first-order valence-electron chi connectivity index (χ1n) is 18.3. The van der Waals surface area contributed by atoms with Crippen LogP contribution in [0.2, 0.25) is 0 Å². The molecule has 2 saturated heterocycles. The summed E-state index contributed by atoms with van der Waals surface area (Å²) in [6, 6.07) is 12.3. The van der Waals surface area contributed by atoms with E-state index < -0.39 is 0 Å². The maximum Gasteiger partial charge on any atom is 0.244 e. The number of piperidine rings is 2. The molecule has 6 heterocycles. The molecule has 2 fully saturated rings. The summed E-state index contributed by atoms with van der Waals surface area (Å²) in [6.07, 6.45) is 18.4.